The van der Waals surface area contributed by atoms with E-state index in [1.165, 1.54) is 6.07 Å². The predicted octanol–water partition coefficient (Wildman–Crippen LogP) is 1.91. The topological polar surface area (TPSA) is 61.8 Å². The van der Waals surface area contributed by atoms with E-state index in [0.29, 0.717) is 17.3 Å². The first-order chi connectivity index (χ1) is 8.17. The van der Waals surface area contributed by atoms with E-state index in [2.05, 4.69) is 5.16 Å². The van der Waals surface area contributed by atoms with Crippen LogP contribution in [0.25, 0.3) is 0 Å². The standard InChI is InChI=1S/C12H16FN3O/c1-2-16(9-4-5-9)11-6-3-8(7-10(11)13)12(14)15-17/h3,6-7,9,17H,2,4-5H2,1H3,(H2,14,15). The van der Waals surface area contributed by atoms with Gasteiger partial charge in [0.2, 0.25) is 0 Å². The van der Waals surface area contributed by atoms with E-state index in [1.54, 1.807) is 12.1 Å². The Morgan fingerprint density at radius 1 is 1.59 bits per heavy atom. The number of benzene rings is 1. The molecule has 0 unspecified atom stereocenters. The zero-order chi connectivity index (χ0) is 12.4. The molecule has 5 heteroatoms. The second kappa shape index (κ2) is 4.61. The molecule has 0 amide bonds. The van der Waals surface area contributed by atoms with E-state index in [0.717, 1.165) is 19.4 Å². The van der Waals surface area contributed by atoms with Crippen molar-refractivity contribution in [1.29, 1.82) is 0 Å². The van der Waals surface area contributed by atoms with Gasteiger partial charge in [-0.2, -0.15) is 0 Å². The molecule has 0 radical (unpaired) electrons. The van der Waals surface area contributed by atoms with Gasteiger partial charge in [-0.1, -0.05) is 5.16 Å². The SMILES string of the molecule is CCN(c1ccc(/C(N)=N/O)cc1F)C1CC1. The summed E-state index contributed by atoms with van der Waals surface area (Å²) in [6.45, 7) is 2.79. The van der Waals surface area contributed by atoms with Crippen molar-refractivity contribution >= 4 is 11.5 Å². The predicted molar refractivity (Wildman–Crippen MR) is 65.0 cm³/mol. The van der Waals surface area contributed by atoms with Gasteiger partial charge in [-0.05, 0) is 38.0 Å². The molecule has 1 aromatic carbocycles. The van der Waals surface area contributed by atoms with Crippen LogP contribution in [-0.4, -0.2) is 23.6 Å². The fourth-order valence-electron chi connectivity index (χ4n) is 1.97. The average Bonchev–Trinajstić information content (AvgIpc) is 3.15. The molecule has 0 aliphatic heterocycles. The van der Waals surface area contributed by atoms with Crippen LogP contribution in [0.1, 0.15) is 25.3 Å². The van der Waals surface area contributed by atoms with Crippen molar-refractivity contribution in [2.75, 3.05) is 11.4 Å². The zero-order valence-corrected chi connectivity index (χ0v) is 9.73. The normalized spacial score (nSPS) is 16.0. The average molecular weight is 237 g/mol. The maximum atomic E-state index is 13.9. The van der Waals surface area contributed by atoms with Gasteiger partial charge in [0.05, 0.1) is 5.69 Å². The molecule has 1 aromatic rings. The molecule has 2 rings (SSSR count). The van der Waals surface area contributed by atoms with Crippen molar-refractivity contribution in [3.8, 4) is 0 Å². The van der Waals surface area contributed by atoms with E-state index in [-0.39, 0.29) is 11.7 Å². The summed E-state index contributed by atoms with van der Waals surface area (Å²) in [4.78, 5) is 2.05. The fourth-order valence-corrected chi connectivity index (χ4v) is 1.97. The number of amidine groups is 1. The number of rotatable bonds is 4. The Balaban J connectivity index is 2.30. The molecule has 17 heavy (non-hydrogen) atoms. The lowest BCUT2D eigenvalue weighted by Gasteiger charge is -2.23. The first-order valence-electron chi connectivity index (χ1n) is 5.71. The van der Waals surface area contributed by atoms with Crippen molar-refractivity contribution < 1.29 is 9.60 Å². The molecule has 0 heterocycles. The molecule has 0 spiro atoms. The second-order valence-corrected chi connectivity index (χ2v) is 4.17. The maximum Gasteiger partial charge on any atom is 0.170 e. The van der Waals surface area contributed by atoms with Crippen LogP contribution in [0.4, 0.5) is 10.1 Å². The smallest absolute Gasteiger partial charge is 0.170 e. The minimum absolute atomic E-state index is 0.0788. The maximum absolute atomic E-state index is 13.9. The van der Waals surface area contributed by atoms with Crippen LogP contribution < -0.4 is 10.6 Å². The van der Waals surface area contributed by atoms with Crippen molar-refractivity contribution in [2.24, 2.45) is 10.9 Å². The van der Waals surface area contributed by atoms with Gasteiger partial charge in [0.1, 0.15) is 5.82 Å². The molecule has 0 bridgehead atoms. The van der Waals surface area contributed by atoms with E-state index >= 15 is 0 Å². The Labute approximate surface area is 99.5 Å². The third kappa shape index (κ3) is 2.33. The summed E-state index contributed by atoms with van der Waals surface area (Å²) in [5.41, 5.74) is 6.39. The minimum atomic E-state index is -0.331. The van der Waals surface area contributed by atoms with Gasteiger partial charge in [-0.3, -0.25) is 0 Å². The highest BCUT2D eigenvalue weighted by molar-refractivity contribution is 5.97. The molecule has 0 aromatic heterocycles. The van der Waals surface area contributed by atoms with Crippen LogP contribution in [0.3, 0.4) is 0 Å². The van der Waals surface area contributed by atoms with Crippen LogP contribution in [0.5, 0.6) is 0 Å². The summed E-state index contributed by atoms with van der Waals surface area (Å²) in [5, 5.41) is 11.4. The Morgan fingerprint density at radius 3 is 2.76 bits per heavy atom. The molecule has 1 fully saturated rings. The van der Waals surface area contributed by atoms with E-state index in [4.69, 9.17) is 10.9 Å². The van der Waals surface area contributed by atoms with Crippen LogP contribution in [0.15, 0.2) is 23.4 Å². The van der Waals surface area contributed by atoms with Gasteiger partial charge in [0, 0.05) is 18.2 Å². The molecular formula is C12H16FN3O. The number of oxime groups is 1. The van der Waals surface area contributed by atoms with Gasteiger partial charge in [-0.15, -0.1) is 0 Å². The van der Waals surface area contributed by atoms with Gasteiger partial charge in [0.25, 0.3) is 0 Å². The first-order valence-corrected chi connectivity index (χ1v) is 5.71. The van der Waals surface area contributed by atoms with Crippen molar-refractivity contribution in [3.63, 3.8) is 0 Å². The van der Waals surface area contributed by atoms with Crippen molar-refractivity contribution in [1.82, 2.24) is 0 Å². The largest absolute Gasteiger partial charge is 0.409 e. The first kappa shape index (κ1) is 11.7. The Kier molecular flexibility index (Phi) is 3.17. The molecule has 1 aliphatic carbocycles. The Bertz CT molecular complexity index is 443. The summed E-state index contributed by atoms with van der Waals surface area (Å²) in [6, 6.07) is 5.11. The number of nitrogens with two attached hydrogens (primary N) is 1. The highest BCUT2D eigenvalue weighted by Gasteiger charge is 2.29. The van der Waals surface area contributed by atoms with Gasteiger partial charge in [-0.25, -0.2) is 4.39 Å². The molecule has 92 valence electrons. The number of hydrogen-bond donors (Lipinski definition) is 2. The van der Waals surface area contributed by atoms with Crippen LogP contribution in [-0.2, 0) is 0 Å². The number of halogens is 1. The molecule has 1 aliphatic rings. The lowest BCUT2D eigenvalue weighted by atomic mass is 10.1. The molecule has 1 saturated carbocycles. The lowest BCUT2D eigenvalue weighted by molar-refractivity contribution is 0.318. The van der Waals surface area contributed by atoms with Crippen LogP contribution in [0.2, 0.25) is 0 Å². The summed E-state index contributed by atoms with van der Waals surface area (Å²) < 4.78 is 13.9. The van der Waals surface area contributed by atoms with Crippen LogP contribution in [0, 0.1) is 5.82 Å². The van der Waals surface area contributed by atoms with Gasteiger partial charge in [0.15, 0.2) is 5.84 Å². The monoisotopic (exact) mass is 237 g/mol. The molecular weight excluding hydrogens is 221 g/mol. The summed E-state index contributed by atoms with van der Waals surface area (Å²) in [5.74, 6) is -0.409. The second-order valence-electron chi connectivity index (χ2n) is 4.17. The third-order valence-corrected chi connectivity index (χ3v) is 2.99. The number of hydrogen-bond acceptors (Lipinski definition) is 3. The quantitative estimate of drug-likeness (QED) is 0.364. The van der Waals surface area contributed by atoms with Crippen LogP contribution >= 0.6 is 0 Å². The van der Waals surface area contributed by atoms with Gasteiger partial charge >= 0.3 is 0 Å². The molecule has 4 nitrogen and oxygen atoms in total. The molecule has 0 atom stereocenters. The Morgan fingerprint density at radius 2 is 2.29 bits per heavy atom. The number of anilines is 1. The number of nitrogens with zero attached hydrogens (tertiary/aromatic N) is 2. The lowest BCUT2D eigenvalue weighted by Crippen LogP contribution is -2.26. The van der Waals surface area contributed by atoms with E-state index in [9.17, 15) is 4.39 Å². The highest BCUT2D eigenvalue weighted by atomic mass is 19.1. The summed E-state index contributed by atoms with van der Waals surface area (Å²) >= 11 is 0. The minimum Gasteiger partial charge on any atom is -0.409 e. The highest BCUT2D eigenvalue weighted by Crippen LogP contribution is 2.33. The zero-order valence-electron chi connectivity index (χ0n) is 9.73. The third-order valence-electron chi connectivity index (χ3n) is 2.99. The Hall–Kier alpha value is -1.78. The van der Waals surface area contributed by atoms with Gasteiger partial charge < -0.3 is 15.8 Å². The summed E-state index contributed by atoms with van der Waals surface area (Å²) in [7, 11) is 0. The molecule has 3 N–H and O–H groups in total. The van der Waals surface area contributed by atoms with E-state index < -0.39 is 0 Å². The van der Waals surface area contributed by atoms with Crippen molar-refractivity contribution in [3.05, 3.63) is 29.6 Å². The fraction of sp³-hybridized carbons (Fsp3) is 0.417. The van der Waals surface area contributed by atoms with E-state index in [1.807, 2.05) is 11.8 Å². The summed E-state index contributed by atoms with van der Waals surface area (Å²) in [6.07, 6.45) is 2.24. The van der Waals surface area contributed by atoms with Crippen molar-refractivity contribution in [2.45, 2.75) is 25.8 Å². The molecule has 0 saturated heterocycles.